The van der Waals surface area contributed by atoms with Crippen molar-refractivity contribution < 1.29 is 14.0 Å². The van der Waals surface area contributed by atoms with Crippen LogP contribution in [0.25, 0.3) is 0 Å². The molecular weight excluding hydrogens is 470 g/mol. The molecule has 1 aromatic heterocycles. The molecule has 0 spiro atoms. The highest BCUT2D eigenvalue weighted by atomic mass is 79.9. The van der Waals surface area contributed by atoms with Crippen LogP contribution in [0.5, 0.6) is 0 Å². The minimum Gasteiger partial charge on any atom is -0.444 e. The van der Waals surface area contributed by atoms with Gasteiger partial charge in [-0.15, -0.1) is 0 Å². The predicted molar refractivity (Wildman–Crippen MR) is 131 cm³/mol. The van der Waals surface area contributed by atoms with Gasteiger partial charge in [0, 0.05) is 31.5 Å². The van der Waals surface area contributed by atoms with Crippen LogP contribution in [0.15, 0.2) is 69.8 Å². The van der Waals surface area contributed by atoms with E-state index in [2.05, 4.69) is 38.3 Å². The standard InChI is InChI=1S/C25H26BrN3O3/c1-28(25(31)22-14-15-23(26)32-22)21-9-5-4-8-20(21)24(30)27-18-10-12-19(13-11-18)29-16-6-2-3-7-17-29/h4-5,8-15H,2-3,6-7,16-17H2,1H3,(H,27,30). The summed E-state index contributed by atoms with van der Waals surface area (Å²) in [7, 11) is 1.63. The third kappa shape index (κ3) is 5.05. The summed E-state index contributed by atoms with van der Waals surface area (Å²) in [5.41, 5.74) is 2.81. The summed E-state index contributed by atoms with van der Waals surface area (Å²) in [5.74, 6) is -0.417. The average molecular weight is 496 g/mol. The van der Waals surface area contributed by atoms with Crippen molar-refractivity contribution >= 4 is 44.8 Å². The van der Waals surface area contributed by atoms with Crippen LogP contribution in [0.1, 0.15) is 46.6 Å². The molecule has 0 atom stereocenters. The number of rotatable bonds is 5. The van der Waals surface area contributed by atoms with Gasteiger partial charge in [0.05, 0.1) is 11.3 Å². The molecule has 1 fully saturated rings. The van der Waals surface area contributed by atoms with Crippen molar-refractivity contribution in [3.05, 3.63) is 76.7 Å². The number of nitrogens with zero attached hydrogens (tertiary/aromatic N) is 2. The monoisotopic (exact) mass is 495 g/mol. The number of para-hydroxylation sites is 1. The lowest BCUT2D eigenvalue weighted by molar-refractivity contribution is 0.0965. The maximum absolute atomic E-state index is 13.0. The number of furan rings is 1. The molecule has 6 nitrogen and oxygen atoms in total. The van der Waals surface area contributed by atoms with Gasteiger partial charge in [-0.2, -0.15) is 0 Å². The minimum atomic E-state index is -0.335. The number of benzene rings is 2. The first-order valence-corrected chi connectivity index (χ1v) is 11.6. The van der Waals surface area contributed by atoms with Crippen molar-refractivity contribution in [3.63, 3.8) is 0 Å². The molecule has 0 aliphatic carbocycles. The first-order valence-electron chi connectivity index (χ1n) is 10.8. The van der Waals surface area contributed by atoms with Gasteiger partial charge in [0.2, 0.25) is 0 Å². The van der Waals surface area contributed by atoms with E-state index in [1.165, 1.54) is 36.3 Å². The molecule has 4 rings (SSSR count). The number of anilines is 3. The molecular formula is C25H26BrN3O3. The van der Waals surface area contributed by atoms with Crippen molar-refractivity contribution in [2.45, 2.75) is 25.7 Å². The van der Waals surface area contributed by atoms with Crippen LogP contribution in [-0.4, -0.2) is 32.0 Å². The van der Waals surface area contributed by atoms with E-state index in [0.717, 1.165) is 13.1 Å². The van der Waals surface area contributed by atoms with Gasteiger partial charge in [0.15, 0.2) is 10.4 Å². The fourth-order valence-electron chi connectivity index (χ4n) is 3.94. The van der Waals surface area contributed by atoms with Crippen molar-refractivity contribution in [1.29, 1.82) is 0 Å². The molecule has 2 aromatic carbocycles. The lowest BCUT2D eigenvalue weighted by Gasteiger charge is -2.23. The van der Waals surface area contributed by atoms with E-state index in [1.54, 1.807) is 43.4 Å². The zero-order valence-electron chi connectivity index (χ0n) is 18.0. The summed E-state index contributed by atoms with van der Waals surface area (Å²) < 4.78 is 5.85. The molecule has 3 aromatic rings. The van der Waals surface area contributed by atoms with Crippen LogP contribution in [0.4, 0.5) is 17.1 Å². The summed E-state index contributed by atoms with van der Waals surface area (Å²) in [5, 5.41) is 2.95. The second kappa shape index (κ2) is 10.0. The largest absolute Gasteiger partial charge is 0.444 e. The molecule has 0 saturated carbocycles. The number of carbonyl (C=O) groups excluding carboxylic acids is 2. The normalized spacial score (nSPS) is 14.0. The summed E-state index contributed by atoms with van der Waals surface area (Å²) in [4.78, 5) is 29.6. The smallest absolute Gasteiger partial charge is 0.293 e. The highest BCUT2D eigenvalue weighted by molar-refractivity contribution is 9.10. The minimum absolute atomic E-state index is 0.193. The Morgan fingerprint density at radius 2 is 1.62 bits per heavy atom. The second-order valence-electron chi connectivity index (χ2n) is 7.89. The van der Waals surface area contributed by atoms with Crippen LogP contribution in [0, 0.1) is 0 Å². The molecule has 7 heteroatoms. The van der Waals surface area contributed by atoms with E-state index >= 15 is 0 Å². The Morgan fingerprint density at radius 3 is 2.28 bits per heavy atom. The number of carbonyl (C=O) groups is 2. The third-order valence-corrected chi connectivity index (χ3v) is 6.12. The quantitative estimate of drug-likeness (QED) is 0.474. The summed E-state index contributed by atoms with van der Waals surface area (Å²) in [6, 6.07) is 18.2. The summed E-state index contributed by atoms with van der Waals surface area (Å²) in [6.45, 7) is 2.15. The zero-order chi connectivity index (χ0) is 22.5. The van der Waals surface area contributed by atoms with E-state index in [1.807, 2.05) is 12.1 Å². The number of halogens is 1. The second-order valence-corrected chi connectivity index (χ2v) is 8.67. The molecule has 0 unspecified atom stereocenters. The first-order chi connectivity index (χ1) is 15.5. The van der Waals surface area contributed by atoms with E-state index < -0.39 is 0 Å². The molecule has 1 N–H and O–H groups in total. The Hall–Kier alpha value is -3.06. The van der Waals surface area contributed by atoms with Gasteiger partial charge in [0.25, 0.3) is 11.8 Å². The van der Waals surface area contributed by atoms with Crippen LogP contribution < -0.4 is 15.1 Å². The maximum atomic E-state index is 13.0. The lowest BCUT2D eigenvalue weighted by Crippen LogP contribution is -2.28. The van der Waals surface area contributed by atoms with E-state index in [4.69, 9.17) is 4.42 Å². The van der Waals surface area contributed by atoms with Crippen molar-refractivity contribution in [1.82, 2.24) is 0 Å². The van der Waals surface area contributed by atoms with Gasteiger partial charge in [-0.3, -0.25) is 9.59 Å². The van der Waals surface area contributed by atoms with Gasteiger partial charge in [-0.1, -0.05) is 25.0 Å². The topological polar surface area (TPSA) is 65.8 Å². The zero-order valence-corrected chi connectivity index (χ0v) is 19.6. The summed E-state index contributed by atoms with van der Waals surface area (Å²) >= 11 is 3.21. The molecule has 166 valence electrons. The van der Waals surface area contributed by atoms with E-state index in [9.17, 15) is 9.59 Å². The van der Waals surface area contributed by atoms with Crippen LogP contribution in [-0.2, 0) is 0 Å². The molecule has 1 aliphatic heterocycles. The highest BCUT2D eigenvalue weighted by Crippen LogP contribution is 2.25. The SMILES string of the molecule is CN(C(=O)c1ccc(Br)o1)c1ccccc1C(=O)Nc1ccc(N2CCCCCC2)cc1. The third-order valence-electron chi connectivity index (χ3n) is 5.70. The van der Waals surface area contributed by atoms with Crippen LogP contribution in [0.2, 0.25) is 0 Å². The fourth-order valence-corrected chi connectivity index (χ4v) is 4.25. The molecule has 1 aliphatic rings. The summed E-state index contributed by atoms with van der Waals surface area (Å²) in [6.07, 6.45) is 5.02. The Kier molecular flexibility index (Phi) is 6.95. The maximum Gasteiger partial charge on any atom is 0.293 e. The Labute approximate surface area is 196 Å². The number of hydrogen-bond donors (Lipinski definition) is 1. The molecule has 2 heterocycles. The molecule has 0 bridgehead atoms. The first kappa shape index (κ1) is 22.1. The number of nitrogens with one attached hydrogen (secondary N) is 1. The molecule has 32 heavy (non-hydrogen) atoms. The Bertz CT molecular complexity index is 1090. The highest BCUT2D eigenvalue weighted by Gasteiger charge is 2.22. The molecule has 0 radical (unpaired) electrons. The predicted octanol–water partition coefficient (Wildman–Crippen LogP) is 5.95. The lowest BCUT2D eigenvalue weighted by atomic mass is 10.1. The van der Waals surface area contributed by atoms with Crippen molar-refractivity contribution in [2.75, 3.05) is 35.3 Å². The van der Waals surface area contributed by atoms with E-state index in [-0.39, 0.29) is 17.6 Å². The van der Waals surface area contributed by atoms with Crippen LogP contribution in [0.3, 0.4) is 0 Å². The van der Waals surface area contributed by atoms with Gasteiger partial charge in [0.1, 0.15) is 0 Å². The van der Waals surface area contributed by atoms with Crippen molar-refractivity contribution in [3.8, 4) is 0 Å². The van der Waals surface area contributed by atoms with Crippen molar-refractivity contribution in [2.24, 2.45) is 0 Å². The molecule has 2 amide bonds. The van der Waals surface area contributed by atoms with Gasteiger partial charge in [-0.05, 0) is 77.3 Å². The van der Waals surface area contributed by atoms with E-state index in [0.29, 0.717) is 21.6 Å². The fraction of sp³-hybridized carbons (Fsp3) is 0.280. The van der Waals surface area contributed by atoms with Gasteiger partial charge in [-0.25, -0.2) is 0 Å². The average Bonchev–Trinajstić information content (AvgIpc) is 3.07. The van der Waals surface area contributed by atoms with Gasteiger partial charge < -0.3 is 19.5 Å². The Balaban J connectivity index is 1.48. The van der Waals surface area contributed by atoms with Crippen LogP contribution >= 0.6 is 15.9 Å². The Morgan fingerprint density at radius 1 is 0.938 bits per heavy atom. The number of amides is 2. The molecule has 1 saturated heterocycles. The number of hydrogen-bond acceptors (Lipinski definition) is 4. The van der Waals surface area contributed by atoms with Gasteiger partial charge >= 0.3 is 0 Å².